The second-order valence-corrected chi connectivity index (χ2v) is 6.45. The van der Waals surface area contributed by atoms with Gasteiger partial charge in [0.1, 0.15) is 0 Å². The van der Waals surface area contributed by atoms with Gasteiger partial charge in [0.2, 0.25) is 0 Å². The van der Waals surface area contributed by atoms with Crippen LogP contribution in [0, 0.1) is 3.57 Å². The van der Waals surface area contributed by atoms with Crippen molar-refractivity contribution < 1.29 is 0 Å². The van der Waals surface area contributed by atoms with Gasteiger partial charge in [-0.15, -0.1) is 0 Å². The van der Waals surface area contributed by atoms with E-state index in [9.17, 15) is 0 Å². The molecule has 0 saturated heterocycles. The van der Waals surface area contributed by atoms with Crippen LogP contribution in [0.5, 0.6) is 0 Å². The molecule has 0 aliphatic rings. The zero-order chi connectivity index (χ0) is 13.2. The van der Waals surface area contributed by atoms with Crippen molar-refractivity contribution in [1.29, 1.82) is 0 Å². The van der Waals surface area contributed by atoms with Crippen molar-refractivity contribution in [2.75, 3.05) is 0 Å². The first-order chi connectivity index (χ1) is 9.25. The Labute approximate surface area is 133 Å². The molecule has 0 amide bonds. The van der Waals surface area contributed by atoms with Crippen molar-refractivity contribution >= 4 is 38.5 Å². The predicted molar refractivity (Wildman–Crippen MR) is 89.4 cm³/mol. The molecule has 0 fully saturated rings. The molecular formula is C15H12BrIN2. The third kappa shape index (κ3) is 2.65. The van der Waals surface area contributed by atoms with Crippen LogP contribution >= 0.6 is 38.5 Å². The van der Waals surface area contributed by atoms with Gasteiger partial charge in [-0.2, -0.15) is 0 Å². The minimum absolute atomic E-state index is 0.189. The minimum atomic E-state index is 0.189. The standard InChI is InChI=1S/C15H12BrIN2/c16-12-6-5-10(17)9-11(12)15(13-3-1-7-18-13)14-4-2-8-19-14/h1-9,15,18-19H. The van der Waals surface area contributed by atoms with Gasteiger partial charge >= 0.3 is 0 Å². The second kappa shape index (κ2) is 5.54. The van der Waals surface area contributed by atoms with E-state index in [1.807, 2.05) is 24.5 Å². The smallest absolute Gasteiger partial charge is 0.0652 e. The number of aromatic amines is 2. The van der Waals surface area contributed by atoms with Crippen LogP contribution in [0.15, 0.2) is 59.3 Å². The minimum Gasteiger partial charge on any atom is -0.364 e. The largest absolute Gasteiger partial charge is 0.364 e. The lowest BCUT2D eigenvalue weighted by molar-refractivity contribution is 0.891. The predicted octanol–water partition coefficient (Wildman–Crippen LogP) is 4.89. The Kier molecular flexibility index (Phi) is 3.79. The molecule has 2 N–H and O–H groups in total. The maximum absolute atomic E-state index is 3.67. The zero-order valence-corrected chi connectivity index (χ0v) is 13.8. The van der Waals surface area contributed by atoms with Gasteiger partial charge in [-0.05, 0) is 70.6 Å². The number of benzene rings is 1. The molecule has 0 aliphatic heterocycles. The van der Waals surface area contributed by atoms with E-state index in [1.54, 1.807) is 0 Å². The summed E-state index contributed by atoms with van der Waals surface area (Å²) in [6, 6.07) is 14.7. The van der Waals surface area contributed by atoms with Gasteiger partial charge in [-0.1, -0.05) is 15.9 Å². The highest BCUT2D eigenvalue weighted by atomic mass is 127. The monoisotopic (exact) mass is 426 g/mol. The number of halogens is 2. The van der Waals surface area contributed by atoms with E-state index in [1.165, 1.54) is 20.5 Å². The van der Waals surface area contributed by atoms with Crippen LogP contribution in [0.25, 0.3) is 0 Å². The number of aromatic nitrogens is 2. The Morgan fingerprint density at radius 3 is 2.11 bits per heavy atom. The summed E-state index contributed by atoms with van der Waals surface area (Å²) >= 11 is 6.02. The van der Waals surface area contributed by atoms with E-state index < -0.39 is 0 Å². The number of H-pyrrole nitrogens is 2. The molecule has 4 heteroatoms. The number of hydrogen-bond acceptors (Lipinski definition) is 0. The van der Waals surface area contributed by atoms with Crippen LogP contribution in [0.2, 0.25) is 0 Å². The normalized spacial score (nSPS) is 11.1. The number of hydrogen-bond donors (Lipinski definition) is 2. The average Bonchev–Trinajstić information content (AvgIpc) is 3.07. The molecule has 1 aromatic carbocycles. The molecule has 96 valence electrons. The second-order valence-electron chi connectivity index (χ2n) is 4.35. The van der Waals surface area contributed by atoms with Crippen LogP contribution < -0.4 is 0 Å². The lowest BCUT2D eigenvalue weighted by Gasteiger charge is -2.17. The van der Waals surface area contributed by atoms with Crippen LogP contribution in [-0.2, 0) is 0 Å². The Balaban J connectivity index is 2.17. The van der Waals surface area contributed by atoms with Gasteiger partial charge in [0.25, 0.3) is 0 Å². The van der Waals surface area contributed by atoms with Crippen molar-refractivity contribution in [3.8, 4) is 0 Å². The summed E-state index contributed by atoms with van der Waals surface area (Å²) in [4.78, 5) is 6.65. The first kappa shape index (κ1) is 13.0. The Morgan fingerprint density at radius 1 is 0.947 bits per heavy atom. The summed E-state index contributed by atoms with van der Waals surface area (Å²) in [6.07, 6.45) is 3.93. The molecule has 0 radical (unpaired) electrons. The first-order valence-electron chi connectivity index (χ1n) is 5.97. The van der Waals surface area contributed by atoms with Crippen LogP contribution in [-0.4, -0.2) is 9.97 Å². The molecule has 0 aliphatic carbocycles. The quantitative estimate of drug-likeness (QED) is 0.559. The molecular weight excluding hydrogens is 415 g/mol. The Bertz CT molecular complexity index is 625. The fourth-order valence-corrected chi connectivity index (χ4v) is 3.28. The Hall–Kier alpha value is -1.01. The van der Waals surface area contributed by atoms with Gasteiger partial charge < -0.3 is 9.97 Å². The molecule has 3 rings (SSSR count). The molecule has 0 unspecified atom stereocenters. The number of nitrogens with one attached hydrogen (secondary N) is 2. The molecule has 2 aromatic heterocycles. The topological polar surface area (TPSA) is 31.6 Å². The van der Waals surface area contributed by atoms with E-state index in [2.05, 4.69) is 78.8 Å². The molecule has 2 nitrogen and oxygen atoms in total. The molecule has 3 aromatic rings. The number of rotatable bonds is 3. The van der Waals surface area contributed by atoms with Gasteiger partial charge in [-0.25, -0.2) is 0 Å². The third-order valence-electron chi connectivity index (χ3n) is 3.14. The van der Waals surface area contributed by atoms with Gasteiger partial charge in [0.05, 0.1) is 5.92 Å². The van der Waals surface area contributed by atoms with Gasteiger partial charge in [0.15, 0.2) is 0 Å². The maximum Gasteiger partial charge on any atom is 0.0652 e. The zero-order valence-electron chi connectivity index (χ0n) is 10.0. The van der Waals surface area contributed by atoms with Crippen molar-refractivity contribution in [3.63, 3.8) is 0 Å². The third-order valence-corrected chi connectivity index (χ3v) is 4.53. The lowest BCUT2D eigenvalue weighted by atomic mass is 9.93. The molecule has 0 atom stereocenters. The lowest BCUT2D eigenvalue weighted by Crippen LogP contribution is -2.05. The van der Waals surface area contributed by atoms with Gasteiger partial charge in [-0.3, -0.25) is 0 Å². The first-order valence-corrected chi connectivity index (χ1v) is 7.84. The highest BCUT2D eigenvalue weighted by Gasteiger charge is 2.20. The Morgan fingerprint density at radius 2 is 1.58 bits per heavy atom. The maximum atomic E-state index is 3.67. The van der Waals surface area contributed by atoms with E-state index in [-0.39, 0.29) is 5.92 Å². The summed E-state index contributed by atoms with van der Waals surface area (Å²) in [6.45, 7) is 0. The van der Waals surface area contributed by atoms with Crippen molar-refractivity contribution in [1.82, 2.24) is 9.97 Å². The summed E-state index contributed by atoms with van der Waals surface area (Å²) in [5.41, 5.74) is 3.63. The molecule has 0 saturated carbocycles. The van der Waals surface area contributed by atoms with E-state index >= 15 is 0 Å². The van der Waals surface area contributed by atoms with Crippen molar-refractivity contribution in [3.05, 3.63) is 79.9 Å². The van der Waals surface area contributed by atoms with Crippen molar-refractivity contribution in [2.45, 2.75) is 5.92 Å². The molecule has 2 heterocycles. The highest BCUT2D eigenvalue weighted by Crippen LogP contribution is 2.35. The summed E-state index contributed by atoms with van der Waals surface area (Å²) in [5, 5.41) is 0. The highest BCUT2D eigenvalue weighted by molar-refractivity contribution is 14.1. The average molecular weight is 427 g/mol. The SMILES string of the molecule is Brc1ccc(I)cc1C(c1ccc[nH]1)c1ccc[nH]1. The fourth-order valence-electron chi connectivity index (χ4n) is 2.29. The fraction of sp³-hybridized carbons (Fsp3) is 0.0667. The molecule has 19 heavy (non-hydrogen) atoms. The van der Waals surface area contributed by atoms with Gasteiger partial charge in [0, 0.05) is 31.8 Å². The van der Waals surface area contributed by atoms with Crippen LogP contribution in [0.1, 0.15) is 22.9 Å². The summed E-state index contributed by atoms with van der Waals surface area (Å²) in [7, 11) is 0. The van der Waals surface area contributed by atoms with Crippen LogP contribution in [0.3, 0.4) is 0 Å². The molecule has 0 bridgehead atoms. The molecule has 0 spiro atoms. The van der Waals surface area contributed by atoms with E-state index in [4.69, 9.17) is 0 Å². The van der Waals surface area contributed by atoms with Crippen LogP contribution in [0.4, 0.5) is 0 Å². The van der Waals surface area contributed by atoms with Crippen molar-refractivity contribution in [2.24, 2.45) is 0 Å². The summed E-state index contributed by atoms with van der Waals surface area (Å²) in [5.74, 6) is 0.189. The summed E-state index contributed by atoms with van der Waals surface area (Å²) < 4.78 is 2.36. The van der Waals surface area contributed by atoms with E-state index in [0.717, 1.165) is 4.47 Å². The van der Waals surface area contributed by atoms with E-state index in [0.29, 0.717) is 0 Å².